The normalized spacial score (nSPS) is 14.9. The molecule has 3 aromatic rings. The lowest BCUT2D eigenvalue weighted by Crippen LogP contribution is -2.48. The van der Waals surface area contributed by atoms with Crippen LogP contribution in [0.1, 0.15) is 12.5 Å². The number of piperazine rings is 1. The van der Waals surface area contributed by atoms with Gasteiger partial charge in [-0.15, -0.1) is 0 Å². The van der Waals surface area contributed by atoms with Crippen molar-refractivity contribution in [3.63, 3.8) is 0 Å². The minimum Gasteiger partial charge on any atom is -0.492 e. The smallest absolute Gasteiger partial charge is 0.235 e. The Bertz CT molecular complexity index is 1230. The van der Waals surface area contributed by atoms with E-state index < -0.39 is 21.5 Å². The minimum absolute atomic E-state index is 0.174. The van der Waals surface area contributed by atoms with Crippen LogP contribution in [-0.2, 0) is 14.6 Å². The Morgan fingerprint density at radius 2 is 1.85 bits per heavy atom. The molecule has 2 heterocycles. The molecule has 34 heavy (non-hydrogen) atoms. The van der Waals surface area contributed by atoms with E-state index in [1.807, 2.05) is 26.0 Å². The van der Waals surface area contributed by atoms with Gasteiger partial charge in [-0.1, -0.05) is 35.1 Å². The van der Waals surface area contributed by atoms with Gasteiger partial charge in [0.2, 0.25) is 5.91 Å². The molecular formula is C24H30N4O4S2. The van der Waals surface area contributed by atoms with Crippen LogP contribution in [-0.4, -0.2) is 75.8 Å². The van der Waals surface area contributed by atoms with Crippen molar-refractivity contribution >= 4 is 42.4 Å². The summed E-state index contributed by atoms with van der Waals surface area (Å²) in [5.41, 5.74) is 1.89. The van der Waals surface area contributed by atoms with E-state index in [1.165, 1.54) is 0 Å². The summed E-state index contributed by atoms with van der Waals surface area (Å²) >= 11 is 1.67. The summed E-state index contributed by atoms with van der Waals surface area (Å²) < 4.78 is 31.7. The molecule has 8 nitrogen and oxygen atoms in total. The zero-order valence-corrected chi connectivity index (χ0v) is 21.1. The van der Waals surface area contributed by atoms with E-state index >= 15 is 0 Å². The SMILES string of the molecule is CCOc1cccc2sc(N3CCN(CCNC(=O)CS(=O)(=O)c4ccc(C)cc4)CC3)nc12. The summed E-state index contributed by atoms with van der Waals surface area (Å²) in [6.07, 6.45) is 0. The highest BCUT2D eigenvalue weighted by molar-refractivity contribution is 7.92. The highest BCUT2D eigenvalue weighted by atomic mass is 32.2. The van der Waals surface area contributed by atoms with Gasteiger partial charge in [-0.25, -0.2) is 13.4 Å². The number of hydrogen-bond donors (Lipinski definition) is 1. The van der Waals surface area contributed by atoms with Crippen LogP contribution >= 0.6 is 11.3 Å². The molecule has 0 saturated carbocycles. The van der Waals surface area contributed by atoms with Crippen LogP contribution in [0.15, 0.2) is 47.4 Å². The first kappa shape index (κ1) is 24.4. The van der Waals surface area contributed by atoms with Gasteiger partial charge >= 0.3 is 0 Å². The van der Waals surface area contributed by atoms with Gasteiger partial charge in [0.15, 0.2) is 15.0 Å². The fourth-order valence-electron chi connectivity index (χ4n) is 3.89. The van der Waals surface area contributed by atoms with Crippen molar-refractivity contribution in [3.05, 3.63) is 48.0 Å². The van der Waals surface area contributed by atoms with Crippen LogP contribution in [0.4, 0.5) is 5.13 Å². The molecule has 1 aliphatic rings. The van der Waals surface area contributed by atoms with Crippen molar-refractivity contribution in [2.75, 3.05) is 56.5 Å². The van der Waals surface area contributed by atoms with Crippen molar-refractivity contribution in [2.45, 2.75) is 18.7 Å². The quantitative estimate of drug-likeness (QED) is 0.481. The predicted octanol–water partition coefficient (Wildman–Crippen LogP) is 2.72. The third kappa shape index (κ3) is 5.86. The largest absolute Gasteiger partial charge is 0.492 e. The van der Waals surface area contributed by atoms with E-state index in [-0.39, 0.29) is 4.90 Å². The van der Waals surface area contributed by atoms with Crippen LogP contribution in [0.2, 0.25) is 0 Å². The number of rotatable bonds is 9. The van der Waals surface area contributed by atoms with Gasteiger partial charge in [0.25, 0.3) is 0 Å². The molecule has 182 valence electrons. The molecule has 1 fully saturated rings. The second-order valence-electron chi connectivity index (χ2n) is 8.28. The Balaban J connectivity index is 1.23. The maximum Gasteiger partial charge on any atom is 0.235 e. The topological polar surface area (TPSA) is 91.8 Å². The van der Waals surface area contributed by atoms with Crippen LogP contribution in [0.25, 0.3) is 10.2 Å². The standard InChI is InChI=1S/C24H30N4O4S2/c1-3-32-20-5-4-6-21-23(20)26-24(33-21)28-15-13-27(14-16-28)12-11-25-22(29)17-34(30,31)19-9-7-18(2)8-10-19/h4-10H,3,11-17H2,1-2H3,(H,25,29). The summed E-state index contributed by atoms with van der Waals surface area (Å²) in [5, 5.41) is 3.75. The lowest BCUT2D eigenvalue weighted by Gasteiger charge is -2.34. The number of anilines is 1. The summed E-state index contributed by atoms with van der Waals surface area (Å²) in [4.78, 5) is 21.7. The lowest BCUT2D eigenvalue weighted by molar-refractivity contribution is -0.118. The second kappa shape index (κ2) is 10.7. The fourth-order valence-corrected chi connectivity index (χ4v) is 6.09. The third-order valence-corrected chi connectivity index (χ3v) is 8.48. The first-order valence-electron chi connectivity index (χ1n) is 11.4. The number of para-hydroxylation sites is 1. The predicted molar refractivity (Wildman–Crippen MR) is 136 cm³/mol. The molecule has 4 rings (SSSR count). The maximum atomic E-state index is 12.4. The average molecular weight is 503 g/mol. The van der Waals surface area contributed by atoms with Crippen LogP contribution in [0.5, 0.6) is 5.75 Å². The van der Waals surface area contributed by atoms with E-state index in [1.54, 1.807) is 35.6 Å². The van der Waals surface area contributed by atoms with Gasteiger partial charge in [-0.2, -0.15) is 0 Å². The van der Waals surface area contributed by atoms with Gasteiger partial charge in [0, 0.05) is 39.3 Å². The van der Waals surface area contributed by atoms with Crippen LogP contribution < -0.4 is 15.0 Å². The lowest BCUT2D eigenvalue weighted by atomic mass is 10.2. The Morgan fingerprint density at radius 1 is 1.12 bits per heavy atom. The molecule has 0 unspecified atom stereocenters. The molecule has 1 amide bonds. The summed E-state index contributed by atoms with van der Waals surface area (Å²) in [7, 11) is -3.63. The average Bonchev–Trinajstić information content (AvgIpc) is 3.25. The number of ether oxygens (including phenoxy) is 1. The number of aryl methyl sites for hydroxylation is 1. The molecule has 10 heteroatoms. The molecule has 1 aliphatic heterocycles. The Labute approximate surface area is 204 Å². The molecule has 0 atom stereocenters. The van der Waals surface area contributed by atoms with E-state index in [0.717, 1.165) is 52.8 Å². The molecule has 0 aliphatic carbocycles. The molecule has 1 aromatic heterocycles. The number of carbonyl (C=O) groups excluding carboxylic acids is 1. The number of amides is 1. The number of sulfone groups is 1. The van der Waals surface area contributed by atoms with E-state index in [9.17, 15) is 13.2 Å². The van der Waals surface area contributed by atoms with Crippen LogP contribution in [0.3, 0.4) is 0 Å². The second-order valence-corrected chi connectivity index (χ2v) is 11.3. The number of carbonyl (C=O) groups is 1. The van der Waals surface area contributed by atoms with E-state index in [2.05, 4.69) is 21.2 Å². The van der Waals surface area contributed by atoms with Crippen molar-refractivity contribution < 1.29 is 17.9 Å². The van der Waals surface area contributed by atoms with E-state index in [4.69, 9.17) is 9.72 Å². The van der Waals surface area contributed by atoms with Crippen molar-refractivity contribution in [3.8, 4) is 5.75 Å². The summed E-state index contributed by atoms with van der Waals surface area (Å²) in [6, 6.07) is 12.6. The molecule has 0 spiro atoms. The highest BCUT2D eigenvalue weighted by Gasteiger charge is 2.22. The number of hydrogen-bond acceptors (Lipinski definition) is 8. The fraction of sp³-hybridized carbons (Fsp3) is 0.417. The molecule has 2 aromatic carbocycles. The van der Waals surface area contributed by atoms with Gasteiger partial charge in [0.1, 0.15) is 17.0 Å². The molecule has 1 N–H and O–H groups in total. The zero-order valence-electron chi connectivity index (χ0n) is 19.5. The first-order chi connectivity index (χ1) is 16.4. The molecule has 1 saturated heterocycles. The number of nitrogens with one attached hydrogen (secondary N) is 1. The van der Waals surface area contributed by atoms with Gasteiger partial charge in [0.05, 0.1) is 16.2 Å². The maximum absolute atomic E-state index is 12.4. The monoisotopic (exact) mass is 502 g/mol. The Hall–Kier alpha value is -2.69. The van der Waals surface area contributed by atoms with Crippen molar-refractivity contribution in [1.29, 1.82) is 0 Å². The van der Waals surface area contributed by atoms with Crippen LogP contribution in [0, 0.1) is 6.92 Å². The molecule has 0 bridgehead atoms. The number of fused-ring (bicyclic) bond motifs is 1. The minimum atomic E-state index is -3.63. The number of thiazole rings is 1. The highest BCUT2D eigenvalue weighted by Crippen LogP contribution is 2.34. The summed E-state index contributed by atoms with van der Waals surface area (Å²) in [6.45, 7) is 8.96. The number of aromatic nitrogens is 1. The zero-order chi connectivity index (χ0) is 24.1. The van der Waals surface area contributed by atoms with E-state index in [0.29, 0.717) is 19.7 Å². The van der Waals surface area contributed by atoms with Gasteiger partial charge in [-0.05, 0) is 38.1 Å². The number of benzene rings is 2. The number of nitrogens with zero attached hydrogens (tertiary/aromatic N) is 3. The Kier molecular flexibility index (Phi) is 7.70. The molecule has 0 radical (unpaired) electrons. The third-order valence-electron chi connectivity index (χ3n) is 5.76. The van der Waals surface area contributed by atoms with Gasteiger partial charge in [-0.3, -0.25) is 9.69 Å². The first-order valence-corrected chi connectivity index (χ1v) is 13.9. The molecular weight excluding hydrogens is 472 g/mol. The van der Waals surface area contributed by atoms with Crippen molar-refractivity contribution in [2.24, 2.45) is 0 Å². The Morgan fingerprint density at radius 3 is 2.56 bits per heavy atom. The van der Waals surface area contributed by atoms with Gasteiger partial charge < -0.3 is 15.0 Å². The summed E-state index contributed by atoms with van der Waals surface area (Å²) in [5.74, 6) is -0.189. The van der Waals surface area contributed by atoms with Crippen molar-refractivity contribution in [1.82, 2.24) is 15.2 Å².